The SMILES string of the molecule is C/C(=N\NC(=O)c1cc(O)c(O)c(O)c1)c1ccc([N+](=O)[O-])cc1. The molecule has 0 aliphatic rings. The third-order valence-corrected chi connectivity index (χ3v) is 3.15. The van der Waals surface area contributed by atoms with E-state index in [9.17, 15) is 30.2 Å². The summed E-state index contributed by atoms with van der Waals surface area (Å²) in [6, 6.07) is 7.54. The number of hydrazone groups is 1. The van der Waals surface area contributed by atoms with Gasteiger partial charge in [-0.1, -0.05) is 0 Å². The van der Waals surface area contributed by atoms with Gasteiger partial charge in [0.05, 0.1) is 10.6 Å². The zero-order valence-electron chi connectivity index (χ0n) is 12.4. The topological polar surface area (TPSA) is 145 Å². The van der Waals surface area contributed by atoms with Crippen molar-refractivity contribution in [3.63, 3.8) is 0 Å². The number of nitro benzene ring substituents is 1. The first-order chi connectivity index (χ1) is 11.3. The van der Waals surface area contributed by atoms with Gasteiger partial charge in [0.25, 0.3) is 11.6 Å². The molecule has 0 aliphatic carbocycles. The molecule has 2 rings (SSSR count). The molecule has 0 heterocycles. The molecule has 2 aromatic carbocycles. The van der Waals surface area contributed by atoms with Crippen LogP contribution in [0.25, 0.3) is 0 Å². The summed E-state index contributed by atoms with van der Waals surface area (Å²) in [6.45, 7) is 1.59. The fourth-order valence-electron chi connectivity index (χ4n) is 1.82. The Hall–Kier alpha value is -3.62. The number of phenolic OH excluding ortho intramolecular Hbond substituents is 3. The zero-order valence-corrected chi connectivity index (χ0v) is 12.4. The van der Waals surface area contributed by atoms with Crippen LogP contribution in [-0.2, 0) is 0 Å². The Morgan fingerprint density at radius 1 is 1.08 bits per heavy atom. The number of amides is 1. The average Bonchev–Trinajstić information content (AvgIpc) is 2.56. The number of carbonyl (C=O) groups is 1. The average molecular weight is 331 g/mol. The molecule has 0 saturated heterocycles. The normalized spacial score (nSPS) is 11.1. The molecule has 0 atom stereocenters. The number of nitro groups is 1. The Labute approximate surface area is 135 Å². The summed E-state index contributed by atoms with van der Waals surface area (Å²) in [6.07, 6.45) is 0. The molecule has 0 fully saturated rings. The number of hydrogen-bond donors (Lipinski definition) is 4. The molecular formula is C15H13N3O6. The number of non-ortho nitro benzene ring substituents is 1. The van der Waals surface area contributed by atoms with Crippen LogP contribution < -0.4 is 5.43 Å². The lowest BCUT2D eigenvalue weighted by Gasteiger charge is -2.06. The van der Waals surface area contributed by atoms with Gasteiger partial charge in [-0.2, -0.15) is 5.10 Å². The first-order valence-corrected chi connectivity index (χ1v) is 6.64. The van der Waals surface area contributed by atoms with E-state index in [1.54, 1.807) is 6.92 Å². The van der Waals surface area contributed by atoms with E-state index in [-0.39, 0.29) is 11.3 Å². The van der Waals surface area contributed by atoms with Crippen LogP contribution >= 0.6 is 0 Å². The minimum absolute atomic E-state index is 0.0642. The molecule has 0 radical (unpaired) electrons. The second-order valence-electron chi connectivity index (χ2n) is 4.81. The van der Waals surface area contributed by atoms with Crippen LogP contribution in [0, 0.1) is 10.1 Å². The molecule has 1 amide bonds. The predicted octanol–water partition coefficient (Wildman–Crippen LogP) is 1.87. The molecule has 24 heavy (non-hydrogen) atoms. The maximum Gasteiger partial charge on any atom is 0.271 e. The standard InChI is InChI=1S/C15H13N3O6/c1-8(9-2-4-11(5-3-9)18(23)24)16-17-15(22)10-6-12(19)14(21)13(20)7-10/h2-7,19-21H,1H3,(H,17,22)/b16-8+. The highest BCUT2D eigenvalue weighted by atomic mass is 16.6. The van der Waals surface area contributed by atoms with E-state index in [0.29, 0.717) is 11.3 Å². The fourth-order valence-corrected chi connectivity index (χ4v) is 1.82. The summed E-state index contributed by atoms with van der Waals surface area (Å²) in [5.41, 5.74) is 3.01. The van der Waals surface area contributed by atoms with Gasteiger partial charge in [-0.05, 0) is 36.8 Å². The van der Waals surface area contributed by atoms with Crippen LogP contribution in [-0.4, -0.2) is 31.9 Å². The number of nitrogens with one attached hydrogen (secondary N) is 1. The van der Waals surface area contributed by atoms with Gasteiger partial charge in [-0.3, -0.25) is 14.9 Å². The van der Waals surface area contributed by atoms with Gasteiger partial charge in [-0.15, -0.1) is 0 Å². The van der Waals surface area contributed by atoms with Gasteiger partial charge in [-0.25, -0.2) is 5.43 Å². The van der Waals surface area contributed by atoms with Crippen molar-refractivity contribution in [1.29, 1.82) is 0 Å². The molecule has 0 bridgehead atoms. The summed E-state index contributed by atoms with van der Waals surface area (Å²) in [4.78, 5) is 22.0. The highest BCUT2D eigenvalue weighted by Crippen LogP contribution is 2.35. The molecule has 0 aromatic heterocycles. The zero-order chi connectivity index (χ0) is 17.9. The maximum absolute atomic E-state index is 11.9. The summed E-state index contributed by atoms with van der Waals surface area (Å²) < 4.78 is 0. The molecule has 2 aromatic rings. The number of aromatic hydroxyl groups is 3. The first kappa shape index (κ1) is 16.7. The predicted molar refractivity (Wildman–Crippen MR) is 84.2 cm³/mol. The number of carbonyl (C=O) groups excluding carboxylic acids is 1. The molecule has 0 spiro atoms. The Morgan fingerprint density at radius 3 is 2.12 bits per heavy atom. The van der Waals surface area contributed by atoms with Gasteiger partial charge in [0, 0.05) is 17.7 Å². The molecule has 124 valence electrons. The first-order valence-electron chi connectivity index (χ1n) is 6.64. The quantitative estimate of drug-likeness (QED) is 0.291. The molecule has 0 aliphatic heterocycles. The van der Waals surface area contributed by atoms with Crippen molar-refractivity contribution in [1.82, 2.24) is 5.43 Å². The van der Waals surface area contributed by atoms with Crippen LogP contribution in [0.5, 0.6) is 17.2 Å². The second-order valence-corrected chi connectivity index (χ2v) is 4.81. The number of hydrogen-bond acceptors (Lipinski definition) is 7. The van der Waals surface area contributed by atoms with E-state index in [0.717, 1.165) is 12.1 Å². The highest BCUT2D eigenvalue weighted by Gasteiger charge is 2.13. The lowest BCUT2D eigenvalue weighted by Crippen LogP contribution is -2.19. The van der Waals surface area contributed by atoms with Gasteiger partial charge >= 0.3 is 0 Å². The monoisotopic (exact) mass is 331 g/mol. The molecular weight excluding hydrogens is 318 g/mol. The number of phenols is 3. The minimum atomic E-state index is -0.725. The molecule has 4 N–H and O–H groups in total. The van der Waals surface area contributed by atoms with Gasteiger partial charge < -0.3 is 15.3 Å². The van der Waals surface area contributed by atoms with E-state index >= 15 is 0 Å². The van der Waals surface area contributed by atoms with Crippen LogP contribution in [0.2, 0.25) is 0 Å². The Bertz CT molecular complexity index is 807. The Balaban J connectivity index is 2.14. The number of rotatable bonds is 4. The highest BCUT2D eigenvalue weighted by molar-refractivity contribution is 6.01. The fraction of sp³-hybridized carbons (Fsp3) is 0.0667. The number of benzene rings is 2. The Kier molecular flexibility index (Phi) is 4.64. The van der Waals surface area contributed by atoms with E-state index in [2.05, 4.69) is 10.5 Å². The van der Waals surface area contributed by atoms with Gasteiger partial charge in [0.1, 0.15) is 0 Å². The van der Waals surface area contributed by atoms with Crippen molar-refractivity contribution >= 4 is 17.3 Å². The second kappa shape index (κ2) is 6.65. The van der Waals surface area contributed by atoms with E-state index < -0.39 is 28.1 Å². The molecule has 0 saturated carbocycles. The van der Waals surface area contributed by atoms with Crippen molar-refractivity contribution in [3.05, 3.63) is 57.6 Å². The summed E-state index contributed by atoms with van der Waals surface area (Å²) in [7, 11) is 0. The Morgan fingerprint density at radius 2 is 1.62 bits per heavy atom. The maximum atomic E-state index is 11.9. The van der Waals surface area contributed by atoms with Gasteiger partial charge in [0.15, 0.2) is 17.2 Å². The minimum Gasteiger partial charge on any atom is -0.504 e. The smallest absolute Gasteiger partial charge is 0.271 e. The third kappa shape index (κ3) is 3.58. The largest absolute Gasteiger partial charge is 0.504 e. The van der Waals surface area contributed by atoms with Crippen LogP contribution in [0.3, 0.4) is 0 Å². The van der Waals surface area contributed by atoms with Crippen molar-refractivity contribution in [3.8, 4) is 17.2 Å². The van der Waals surface area contributed by atoms with E-state index in [1.165, 1.54) is 24.3 Å². The van der Waals surface area contributed by atoms with Crippen LogP contribution in [0.4, 0.5) is 5.69 Å². The van der Waals surface area contributed by atoms with E-state index in [4.69, 9.17) is 0 Å². The summed E-state index contributed by atoms with van der Waals surface area (Å²) in [5, 5.41) is 42.4. The van der Waals surface area contributed by atoms with Crippen molar-refractivity contribution in [2.75, 3.05) is 0 Å². The molecule has 0 unspecified atom stereocenters. The van der Waals surface area contributed by atoms with Crippen molar-refractivity contribution < 1.29 is 25.0 Å². The molecule has 9 nitrogen and oxygen atoms in total. The molecule has 9 heteroatoms. The summed E-state index contributed by atoms with van der Waals surface area (Å²) >= 11 is 0. The third-order valence-electron chi connectivity index (χ3n) is 3.15. The van der Waals surface area contributed by atoms with Crippen molar-refractivity contribution in [2.24, 2.45) is 5.10 Å². The van der Waals surface area contributed by atoms with Gasteiger partial charge in [0.2, 0.25) is 0 Å². The van der Waals surface area contributed by atoms with E-state index in [1.807, 2.05) is 0 Å². The lowest BCUT2D eigenvalue weighted by molar-refractivity contribution is -0.384. The lowest BCUT2D eigenvalue weighted by atomic mass is 10.1. The summed E-state index contributed by atoms with van der Waals surface area (Å²) in [5.74, 6) is -2.73. The van der Waals surface area contributed by atoms with Crippen LogP contribution in [0.15, 0.2) is 41.5 Å². The number of nitrogens with zero attached hydrogens (tertiary/aromatic N) is 2. The van der Waals surface area contributed by atoms with Crippen LogP contribution in [0.1, 0.15) is 22.8 Å². The van der Waals surface area contributed by atoms with Crippen molar-refractivity contribution in [2.45, 2.75) is 6.92 Å².